The van der Waals surface area contributed by atoms with Crippen molar-refractivity contribution in [3.05, 3.63) is 33.2 Å². The first-order valence-electron chi connectivity index (χ1n) is 8.35. The summed E-state index contributed by atoms with van der Waals surface area (Å²) >= 11 is 0. The number of aromatic hydroxyl groups is 1. The predicted octanol–water partition coefficient (Wildman–Crippen LogP) is 1.14. The number of rotatable bonds is 2. The van der Waals surface area contributed by atoms with Crippen LogP contribution in [0.3, 0.4) is 0 Å². The van der Waals surface area contributed by atoms with E-state index in [-0.39, 0.29) is 18.1 Å². The van der Waals surface area contributed by atoms with Crippen LogP contribution in [-0.2, 0) is 22.4 Å². The van der Waals surface area contributed by atoms with Crippen molar-refractivity contribution in [3.8, 4) is 11.5 Å². The number of carbonyl (C=O) groups excluding carboxylic acids is 1. The zero-order chi connectivity index (χ0) is 17.6. The largest absolute Gasteiger partial charge is 0.504 e. The van der Waals surface area contributed by atoms with E-state index in [1.165, 1.54) is 6.07 Å². The number of phenols is 1. The minimum atomic E-state index is -0.537. The van der Waals surface area contributed by atoms with Crippen LogP contribution < -0.4 is 10.4 Å². The quantitative estimate of drug-likeness (QED) is 0.821. The molecule has 1 aromatic heterocycles. The Morgan fingerprint density at radius 3 is 2.80 bits per heavy atom. The summed E-state index contributed by atoms with van der Waals surface area (Å²) < 4.78 is 16.1. The van der Waals surface area contributed by atoms with Gasteiger partial charge in [-0.1, -0.05) is 0 Å². The van der Waals surface area contributed by atoms with E-state index >= 15 is 0 Å². The minimum Gasteiger partial charge on any atom is -0.504 e. The van der Waals surface area contributed by atoms with Crippen LogP contribution in [0.4, 0.5) is 0 Å². The Kier molecular flexibility index (Phi) is 3.88. The van der Waals surface area contributed by atoms with Gasteiger partial charge >= 0.3 is 5.63 Å². The molecule has 0 saturated carbocycles. The van der Waals surface area contributed by atoms with Crippen LogP contribution in [-0.4, -0.2) is 48.8 Å². The van der Waals surface area contributed by atoms with Crippen LogP contribution >= 0.6 is 0 Å². The summed E-state index contributed by atoms with van der Waals surface area (Å²) in [6, 6.07) is 1.40. The van der Waals surface area contributed by atoms with Crippen LogP contribution in [0.1, 0.15) is 16.7 Å². The molecule has 7 nitrogen and oxygen atoms in total. The van der Waals surface area contributed by atoms with Gasteiger partial charge < -0.3 is 23.9 Å². The Hall–Kier alpha value is -2.54. The third-order valence-electron chi connectivity index (χ3n) is 4.89. The Balaban J connectivity index is 1.78. The molecule has 1 aromatic carbocycles. The summed E-state index contributed by atoms with van der Waals surface area (Å²) in [4.78, 5) is 26.6. The second-order valence-corrected chi connectivity index (χ2v) is 6.34. The lowest BCUT2D eigenvalue weighted by Gasteiger charge is -2.27. The standard InChI is InChI=1S/C18H19NO6/c1-10-12(8-15(21)19-3-6-23-7-4-19)18(22)25-14-9-13(20)17-11(16(10)14)2-5-24-17/h9,20H,2-8H2,1H3. The van der Waals surface area contributed by atoms with E-state index in [1.54, 1.807) is 4.90 Å². The van der Waals surface area contributed by atoms with Crippen molar-refractivity contribution in [2.75, 3.05) is 32.9 Å². The van der Waals surface area contributed by atoms with Gasteiger partial charge in [0.05, 0.1) is 31.8 Å². The fourth-order valence-electron chi connectivity index (χ4n) is 3.57. The van der Waals surface area contributed by atoms with E-state index in [4.69, 9.17) is 13.9 Å². The number of phenolic OH excluding ortho intramolecular Hbond substituents is 1. The maximum Gasteiger partial charge on any atom is 0.340 e. The van der Waals surface area contributed by atoms with E-state index in [9.17, 15) is 14.7 Å². The van der Waals surface area contributed by atoms with Crippen molar-refractivity contribution in [2.45, 2.75) is 19.8 Å². The van der Waals surface area contributed by atoms with Gasteiger partial charge in [0.15, 0.2) is 11.5 Å². The van der Waals surface area contributed by atoms with Gasteiger partial charge in [-0.3, -0.25) is 4.79 Å². The number of nitrogens with zero attached hydrogens (tertiary/aromatic N) is 1. The van der Waals surface area contributed by atoms with Crippen molar-refractivity contribution in [2.24, 2.45) is 0 Å². The Labute approximate surface area is 143 Å². The molecule has 0 unspecified atom stereocenters. The molecule has 0 bridgehead atoms. The summed E-state index contributed by atoms with van der Waals surface area (Å²) in [7, 11) is 0. The van der Waals surface area contributed by atoms with Crippen LogP contribution in [0.15, 0.2) is 15.3 Å². The maximum absolute atomic E-state index is 12.5. The monoisotopic (exact) mass is 345 g/mol. The molecule has 132 valence electrons. The highest BCUT2D eigenvalue weighted by molar-refractivity contribution is 5.90. The number of hydrogen-bond donors (Lipinski definition) is 1. The lowest BCUT2D eigenvalue weighted by molar-refractivity contribution is -0.134. The average Bonchev–Trinajstić information content (AvgIpc) is 3.09. The van der Waals surface area contributed by atoms with Gasteiger partial charge in [0.1, 0.15) is 5.58 Å². The molecule has 0 radical (unpaired) electrons. The number of morpholine rings is 1. The molecule has 0 spiro atoms. The zero-order valence-electron chi connectivity index (χ0n) is 14.0. The van der Waals surface area contributed by atoms with Gasteiger partial charge in [0, 0.05) is 36.5 Å². The normalized spacial score (nSPS) is 16.8. The smallest absolute Gasteiger partial charge is 0.340 e. The molecule has 2 aromatic rings. The first-order chi connectivity index (χ1) is 12.1. The average molecular weight is 345 g/mol. The van der Waals surface area contributed by atoms with E-state index in [0.29, 0.717) is 56.2 Å². The molecule has 2 aliphatic heterocycles. The van der Waals surface area contributed by atoms with Crippen molar-refractivity contribution in [1.82, 2.24) is 4.90 Å². The number of benzene rings is 1. The van der Waals surface area contributed by atoms with Gasteiger partial charge in [-0.05, 0) is 12.5 Å². The lowest BCUT2D eigenvalue weighted by Crippen LogP contribution is -2.42. The van der Waals surface area contributed by atoms with E-state index in [2.05, 4.69) is 0 Å². The van der Waals surface area contributed by atoms with Crippen LogP contribution in [0.25, 0.3) is 11.0 Å². The molecule has 2 aliphatic rings. The fourth-order valence-corrected chi connectivity index (χ4v) is 3.57. The highest BCUT2D eigenvalue weighted by Gasteiger charge is 2.26. The van der Waals surface area contributed by atoms with E-state index in [0.717, 1.165) is 16.5 Å². The third kappa shape index (κ3) is 2.64. The maximum atomic E-state index is 12.5. The van der Waals surface area contributed by atoms with Crippen molar-refractivity contribution >= 4 is 16.9 Å². The highest BCUT2D eigenvalue weighted by atomic mass is 16.5. The van der Waals surface area contributed by atoms with Crippen LogP contribution in [0.5, 0.6) is 11.5 Å². The van der Waals surface area contributed by atoms with Crippen molar-refractivity contribution < 1.29 is 23.8 Å². The molecule has 3 heterocycles. The molecule has 25 heavy (non-hydrogen) atoms. The SMILES string of the molecule is Cc1c(CC(=O)N2CCOCC2)c(=O)oc2cc(O)c3c(c12)CCO3. The molecule has 1 fully saturated rings. The molecule has 7 heteroatoms. The molecule has 1 amide bonds. The van der Waals surface area contributed by atoms with Crippen molar-refractivity contribution in [1.29, 1.82) is 0 Å². The summed E-state index contributed by atoms with van der Waals surface area (Å²) in [6.07, 6.45) is 0.631. The van der Waals surface area contributed by atoms with Gasteiger partial charge in [-0.25, -0.2) is 4.79 Å². The second kappa shape index (κ2) is 6.07. The fraction of sp³-hybridized carbons (Fsp3) is 0.444. The lowest BCUT2D eigenvalue weighted by atomic mass is 9.97. The summed E-state index contributed by atoms with van der Waals surface area (Å²) in [5.74, 6) is 0.305. The molecule has 1 saturated heterocycles. The van der Waals surface area contributed by atoms with Gasteiger partial charge in [-0.2, -0.15) is 0 Å². The van der Waals surface area contributed by atoms with E-state index < -0.39 is 5.63 Å². The highest BCUT2D eigenvalue weighted by Crippen LogP contribution is 2.41. The third-order valence-corrected chi connectivity index (χ3v) is 4.89. The zero-order valence-corrected chi connectivity index (χ0v) is 14.0. The molecule has 0 aliphatic carbocycles. The molecule has 1 N–H and O–H groups in total. The number of fused-ring (bicyclic) bond motifs is 3. The first kappa shape index (κ1) is 16.0. The summed E-state index contributed by atoms with van der Waals surface area (Å²) in [6.45, 7) is 4.39. The Bertz CT molecular complexity index is 910. The van der Waals surface area contributed by atoms with Crippen LogP contribution in [0.2, 0.25) is 0 Å². The minimum absolute atomic E-state index is 0.000609. The topological polar surface area (TPSA) is 89.2 Å². The van der Waals surface area contributed by atoms with E-state index in [1.807, 2.05) is 6.92 Å². The summed E-state index contributed by atoms with van der Waals surface area (Å²) in [5, 5.41) is 10.8. The van der Waals surface area contributed by atoms with Gasteiger partial charge in [0.2, 0.25) is 5.91 Å². The number of carbonyl (C=O) groups is 1. The number of amides is 1. The molecule has 4 rings (SSSR count). The van der Waals surface area contributed by atoms with Gasteiger partial charge in [-0.15, -0.1) is 0 Å². The number of aryl methyl sites for hydroxylation is 1. The molecular formula is C18H19NO6. The summed E-state index contributed by atoms with van der Waals surface area (Å²) in [5.41, 5.74) is 1.70. The molecule has 0 atom stereocenters. The number of hydrogen-bond acceptors (Lipinski definition) is 6. The second-order valence-electron chi connectivity index (χ2n) is 6.34. The van der Waals surface area contributed by atoms with Gasteiger partial charge in [0.25, 0.3) is 0 Å². The Morgan fingerprint density at radius 2 is 2.04 bits per heavy atom. The molecular weight excluding hydrogens is 326 g/mol. The van der Waals surface area contributed by atoms with Crippen molar-refractivity contribution in [3.63, 3.8) is 0 Å². The number of ether oxygens (including phenoxy) is 2. The van der Waals surface area contributed by atoms with Crippen LogP contribution in [0, 0.1) is 6.92 Å². The first-order valence-corrected chi connectivity index (χ1v) is 8.35. The predicted molar refractivity (Wildman–Crippen MR) is 89.2 cm³/mol. The Morgan fingerprint density at radius 1 is 1.28 bits per heavy atom.